The molecule has 1 saturated heterocycles. The van der Waals surface area contributed by atoms with Crippen LogP contribution in [0.5, 0.6) is 0 Å². The zero-order chi connectivity index (χ0) is 13.8. The summed E-state index contributed by atoms with van der Waals surface area (Å²) in [6, 6.07) is 21.2. The van der Waals surface area contributed by atoms with Crippen molar-refractivity contribution in [2.24, 2.45) is 5.92 Å². The third kappa shape index (κ3) is 2.15. The second-order valence-corrected chi connectivity index (χ2v) is 5.36. The molecule has 3 rings (SSSR count). The SMILES string of the molecule is COC(c1ccccc1)(c1ccccc1)C1CCNC1. The Balaban J connectivity index is 2.15. The van der Waals surface area contributed by atoms with Crippen LogP contribution in [-0.4, -0.2) is 20.2 Å². The van der Waals surface area contributed by atoms with Crippen LogP contribution in [0.4, 0.5) is 0 Å². The Morgan fingerprint density at radius 2 is 1.50 bits per heavy atom. The minimum absolute atomic E-state index is 0.355. The van der Waals surface area contributed by atoms with E-state index in [-0.39, 0.29) is 5.60 Å². The highest BCUT2D eigenvalue weighted by atomic mass is 16.5. The maximum atomic E-state index is 6.15. The van der Waals surface area contributed by atoms with Crippen LogP contribution < -0.4 is 5.32 Å². The third-order valence-corrected chi connectivity index (χ3v) is 4.36. The molecule has 1 atom stereocenters. The zero-order valence-corrected chi connectivity index (χ0v) is 11.9. The van der Waals surface area contributed by atoms with E-state index in [4.69, 9.17) is 4.74 Å². The van der Waals surface area contributed by atoms with Crippen molar-refractivity contribution in [3.8, 4) is 0 Å². The lowest BCUT2D eigenvalue weighted by Gasteiger charge is -2.38. The van der Waals surface area contributed by atoms with Gasteiger partial charge in [0.25, 0.3) is 0 Å². The third-order valence-electron chi connectivity index (χ3n) is 4.36. The lowest BCUT2D eigenvalue weighted by molar-refractivity contribution is -0.0230. The normalized spacial score (nSPS) is 19.1. The summed E-state index contributed by atoms with van der Waals surface area (Å²) >= 11 is 0. The van der Waals surface area contributed by atoms with E-state index in [1.807, 2.05) is 7.11 Å². The number of nitrogens with one attached hydrogen (secondary N) is 1. The Bertz CT molecular complexity index is 492. The molecule has 0 spiro atoms. The van der Waals surface area contributed by atoms with Crippen molar-refractivity contribution in [1.82, 2.24) is 5.32 Å². The molecular weight excluding hydrogens is 246 g/mol. The van der Waals surface area contributed by atoms with Crippen LogP contribution in [0.3, 0.4) is 0 Å². The van der Waals surface area contributed by atoms with Gasteiger partial charge in [-0.05, 0) is 24.1 Å². The van der Waals surface area contributed by atoms with Crippen molar-refractivity contribution in [2.75, 3.05) is 20.2 Å². The number of rotatable bonds is 4. The molecule has 0 radical (unpaired) electrons. The van der Waals surface area contributed by atoms with Crippen LogP contribution in [-0.2, 0) is 10.3 Å². The number of methoxy groups -OCH3 is 1. The molecule has 1 aliphatic heterocycles. The topological polar surface area (TPSA) is 21.3 Å². The molecule has 2 nitrogen and oxygen atoms in total. The molecule has 1 fully saturated rings. The highest BCUT2D eigenvalue weighted by Gasteiger charge is 2.43. The standard InChI is InChI=1S/C18H21NO/c1-20-18(17-12-13-19-14-17,15-8-4-2-5-9-15)16-10-6-3-7-11-16/h2-11,17,19H,12-14H2,1H3. The number of ether oxygens (including phenoxy) is 1. The van der Waals surface area contributed by atoms with Crippen LogP contribution in [0, 0.1) is 5.92 Å². The summed E-state index contributed by atoms with van der Waals surface area (Å²) in [5.41, 5.74) is 2.12. The second kappa shape index (κ2) is 5.78. The van der Waals surface area contributed by atoms with E-state index in [1.54, 1.807) is 0 Å². The lowest BCUT2D eigenvalue weighted by Crippen LogP contribution is -2.39. The van der Waals surface area contributed by atoms with Gasteiger partial charge in [-0.15, -0.1) is 0 Å². The van der Waals surface area contributed by atoms with Crippen molar-refractivity contribution in [3.05, 3.63) is 71.8 Å². The van der Waals surface area contributed by atoms with Gasteiger partial charge >= 0.3 is 0 Å². The molecule has 0 amide bonds. The van der Waals surface area contributed by atoms with Crippen molar-refractivity contribution in [3.63, 3.8) is 0 Å². The molecular formula is C18H21NO. The first kappa shape index (κ1) is 13.3. The molecule has 0 aliphatic carbocycles. The summed E-state index contributed by atoms with van der Waals surface area (Å²) in [6.07, 6.45) is 1.14. The van der Waals surface area contributed by atoms with E-state index in [0.717, 1.165) is 19.5 Å². The van der Waals surface area contributed by atoms with Gasteiger partial charge < -0.3 is 10.1 Å². The van der Waals surface area contributed by atoms with Crippen LogP contribution in [0.2, 0.25) is 0 Å². The fraction of sp³-hybridized carbons (Fsp3) is 0.333. The molecule has 2 aromatic carbocycles. The van der Waals surface area contributed by atoms with Crippen LogP contribution in [0.1, 0.15) is 17.5 Å². The van der Waals surface area contributed by atoms with Gasteiger partial charge in [0.15, 0.2) is 0 Å². The van der Waals surface area contributed by atoms with E-state index in [9.17, 15) is 0 Å². The maximum Gasteiger partial charge on any atom is 0.122 e. The van der Waals surface area contributed by atoms with E-state index in [2.05, 4.69) is 66.0 Å². The Labute approximate surface area is 120 Å². The van der Waals surface area contributed by atoms with Crippen molar-refractivity contribution in [1.29, 1.82) is 0 Å². The molecule has 1 N–H and O–H groups in total. The highest BCUT2D eigenvalue weighted by Crippen LogP contribution is 2.42. The summed E-state index contributed by atoms with van der Waals surface area (Å²) in [7, 11) is 1.83. The molecule has 1 unspecified atom stereocenters. The van der Waals surface area contributed by atoms with Crippen molar-refractivity contribution in [2.45, 2.75) is 12.0 Å². The van der Waals surface area contributed by atoms with Crippen molar-refractivity contribution >= 4 is 0 Å². The first-order chi connectivity index (χ1) is 9.88. The number of hydrogen-bond acceptors (Lipinski definition) is 2. The monoisotopic (exact) mass is 267 g/mol. The Kier molecular flexibility index (Phi) is 3.86. The fourth-order valence-electron chi connectivity index (χ4n) is 3.41. The molecule has 2 aromatic rings. The quantitative estimate of drug-likeness (QED) is 0.918. The largest absolute Gasteiger partial charge is 0.368 e. The first-order valence-electron chi connectivity index (χ1n) is 7.25. The van der Waals surface area contributed by atoms with Gasteiger partial charge in [-0.3, -0.25) is 0 Å². The number of benzene rings is 2. The van der Waals surface area contributed by atoms with Gasteiger partial charge in [-0.25, -0.2) is 0 Å². The Morgan fingerprint density at radius 3 is 1.90 bits per heavy atom. The second-order valence-electron chi connectivity index (χ2n) is 5.36. The molecule has 20 heavy (non-hydrogen) atoms. The van der Waals surface area contributed by atoms with E-state index in [1.165, 1.54) is 11.1 Å². The summed E-state index contributed by atoms with van der Waals surface area (Å²) in [5.74, 6) is 0.456. The van der Waals surface area contributed by atoms with Gasteiger partial charge in [0, 0.05) is 19.6 Å². The summed E-state index contributed by atoms with van der Waals surface area (Å²) in [4.78, 5) is 0. The van der Waals surface area contributed by atoms with Gasteiger partial charge in [0.05, 0.1) is 0 Å². The summed E-state index contributed by atoms with van der Waals surface area (Å²) < 4.78 is 6.15. The summed E-state index contributed by atoms with van der Waals surface area (Å²) in [6.45, 7) is 2.06. The van der Waals surface area contributed by atoms with Gasteiger partial charge in [-0.1, -0.05) is 60.7 Å². The summed E-state index contributed by atoms with van der Waals surface area (Å²) in [5, 5.41) is 3.47. The average Bonchev–Trinajstić information content (AvgIpc) is 3.06. The molecule has 1 aliphatic rings. The predicted octanol–water partition coefficient (Wildman–Crippen LogP) is 3.19. The molecule has 0 aromatic heterocycles. The van der Waals surface area contributed by atoms with Crippen LogP contribution in [0.15, 0.2) is 60.7 Å². The minimum Gasteiger partial charge on any atom is -0.368 e. The minimum atomic E-state index is -0.355. The smallest absolute Gasteiger partial charge is 0.122 e. The highest BCUT2D eigenvalue weighted by molar-refractivity contribution is 5.38. The zero-order valence-electron chi connectivity index (χ0n) is 11.9. The van der Waals surface area contributed by atoms with Crippen LogP contribution in [0.25, 0.3) is 0 Å². The van der Waals surface area contributed by atoms with Gasteiger partial charge in [0.2, 0.25) is 0 Å². The van der Waals surface area contributed by atoms with E-state index < -0.39 is 0 Å². The van der Waals surface area contributed by atoms with Gasteiger partial charge in [0.1, 0.15) is 5.60 Å². The predicted molar refractivity (Wildman–Crippen MR) is 81.6 cm³/mol. The molecule has 2 heteroatoms. The molecule has 1 heterocycles. The van der Waals surface area contributed by atoms with Gasteiger partial charge in [-0.2, -0.15) is 0 Å². The van der Waals surface area contributed by atoms with Crippen molar-refractivity contribution < 1.29 is 4.74 Å². The Hall–Kier alpha value is -1.64. The molecule has 104 valence electrons. The fourth-order valence-corrected chi connectivity index (χ4v) is 3.41. The molecule has 0 bridgehead atoms. The lowest BCUT2D eigenvalue weighted by atomic mass is 9.75. The van der Waals surface area contributed by atoms with Crippen LogP contribution >= 0.6 is 0 Å². The van der Waals surface area contributed by atoms with E-state index >= 15 is 0 Å². The average molecular weight is 267 g/mol. The first-order valence-corrected chi connectivity index (χ1v) is 7.25. The maximum absolute atomic E-state index is 6.15. The number of hydrogen-bond donors (Lipinski definition) is 1. The van der Waals surface area contributed by atoms with E-state index in [0.29, 0.717) is 5.92 Å². The molecule has 0 saturated carbocycles. The Morgan fingerprint density at radius 1 is 0.950 bits per heavy atom.